The Morgan fingerprint density at radius 3 is 2.80 bits per heavy atom. The molecule has 1 aromatic heterocycles. The standard InChI is InChI=1S/C16H26N2O2/c1-18(11-15-4-2-3-9-19-15)12-16-8-7-14(20-16)10-17-13-5-6-13/h7-8,13,15,17H,2-6,9-12H2,1H3. The Kier molecular flexibility index (Phi) is 4.76. The van der Waals surface area contributed by atoms with Gasteiger partial charge in [-0.25, -0.2) is 0 Å². The summed E-state index contributed by atoms with van der Waals surface area (Å²) >= 11 is 0. The summed E-state index contributed by atoms with van der Waals surface area (Å²) in [6.45, 7) is 3.65. The Balaban J connectivity index is 1.41. The van der Waals surface area contributed by atoms with Crippen LogP contribution in [-0.2, 0) is 17.8 Å². The number of nitrogens with one attached hydrogen (secondary N) is 1. The molecule has 2 fully saturated rings. The molecular weight excluding hydrogens is 252 g/mol. The molecule has 2 heterocycles. The average molecular weight is 278 g/mol. The zero-order valence-electron chi connectivity index (χ0n) is 12.4. The molecule has 4 heteroatoms. The summed E-state index contributed by atoms with van der Waals surface area (Å²) in [4.78, 5) is 2.30. The quantitative estimate of drug-likeness (QED) is 0.831. The van der Waals surface area contributed by atoms with Crippen molar-refractivity contribution in [2.24, 2.45) is 0 Å². The molecule has 1 N–H and O–H groups in total. The normalized spacial score (nSPS) is 23.4. The van der Waals surface area contributed by atoms with Crippen LogP contribution < -0.4 is 5.32 Å². The second-order valence-electron chi connectivity index (χ2n) is 6.21. The maximum Gasteiger partial charge on any atom is 0.118 e. The summed E-state index contributed by atoms with van der Waals surface area (Å²) in [5.41, 5.74) is 0. The third kappa shape index (κ3) is 4.33. The van der Waals surface area contributed by atoms with E-state index in [4.69, 9.17) is 9.15 Å². The fourth-order valence-electron chi connectivity index (χ4n) is 2.76. The minimum atomic E-state index is 0.403. The predicted molar refractivity (Wildman–Crippen MR) is 78.5 cm³/mol. The van der Waals surface area contributed by atoms with Gasteiger partial charge in [0.25, 0.3) is 0 Å². The summed E-state index contributed by atoms with van der Waals surface area (Å²) in [7, 11) is 2.14. The molecule has 1 saturated heterocycles. The fourth-order valence-corrected chi connectivity index (χ4v) is 2.76. The van der Waals surface area contributed by atoms with Crippen molar-refractivity contribution in [1.82, 2.24) is 10.2 Å². The van der Waals surface area contributed by atoms with E-state index in [9.17, 15) is 0 Å². The third-order valence-corrected chi connectivity index (χ3v) is 4.07. The maximum absolute atomic E-state index is 5.88. The molecule has 1 aromatic rings. The van der Waals surface area contributed by atoms with Crippen molar-refractivity contribution in [3.05, 3.63) is 23.7 Å². The first-order valence-corrected chi connectivity index (χ1v) is 7.91. The average Bonchev–Trinajstić information content (AvgIpc) is 3.18. The van der Waals surface area contributed by atoms with Crippen LogP contribution >= 0.6 is 0 Å². The van der Waals surface area contributed by atoms with E-state index in [2.05, 4.69) is 29.4 Å². The fraction of sp³-hybridized carbons (Fsp3) is 0.750. The Bertz CT molecular complexity index is 408. The Hall–Kier alpha value is -0.840. The number of nitrogens with zero attached hydrogens (tertiary/aromatic N) is 1. The van der Waals surface area contributed by atoms with Gasteiger partial charge in [-0.1, -0.05) is 0 Å². The highest BCUT2D eigenvalue weighted by atomic mass is 16.5. The Morgan fingerprint density at radius 2 is 2.05 bits per heavy atom. The smallest absolute Gasteiger partial charge is 0.118 e. The van der Waals surface area contributed by atoms with E-state index in [1.807, 2.05) is 0 Å². The van der Waals surface area contributed by atoms with Gasteiger partial charge in [-0.2, -0.15) is 0 Å². The van der Waals surface area contributed by atoms with Crippen molar-refractivity contribution in [1.29, 1.82) is 0 Å². The molecule has 20 heavy (non-hydrogen) atoms. The van der Waals surface area contributed by atoms with Crippen LogP contribution in [0.1, 0.15) is 43.6 Å². The summed E-state index contributed by atoms with van der Waals surface area (Å²) in [5, 5.41) is 3.48. The maximum atomic E-state index is 5.88. The minimum absolute atomic E-state index is 0.403. The molecule has 4 nitrogen and oxygen atoms in total. The summed E-state index contributed by atoms with van der Waals surface area (Å²) in [5.74, 6) is 2.10. The lowest BCUT2D eigenvalue weighted by molar-refractivity contribution is -0.00342. The van der Waals surface area contributed by atoms with Gasteiger partial charge in [0.1, 0.15) is 11.5 Å². The van der Waals surface area contributed by atoms with Gasteiger partial charge in [-0.05, 0) is 51.3 Å². The number of hydrogen-bond acceptors (Lipinski definition) is 4. The zero-order valence-corrected chi connectivity index (χ0v) is 12.4. The van der Waals surface area contributed by atoms with Crippen molar-refractivity contribution in [3.63, 3.8) is 0 Å². The molecule has 0 amide bonds. The largest absolute Gasteiger partial charge is 0.463 e. The molecule has 1 atom stereocenters. The highest BCUT2D eigenvalue weighted by Crippen LogP contribution is 2.20. The highest BCUT2D eigenvalue weighted by Gasteiger charge is 2.21. The zero-order chi connectivity index (χ0) is 13.8. The van der Waals surface area contributed by atoms with E-state index in [0.29, 0.717) is 6.10 Å². The molecule has 1 aliphatic heterocycles. The number of likely N-dealkylation sites (N-methyl/N-ethyl adjacent to an activating group) is 1. The minimum Gasteiger partial charge on any atom is -0.463 e. The first-order valence-electron chi connectivity index (χ1n) is 7.91. The highest BCUT2D eigenvalue weighted by molar-refractivity contribution is 5.07. The van der Waals surface area contributed by atoms with Crippen LogP contribution in [0.25, 0.3) is 0 Å². The molecule has 0 bridgehead atoms. The van der Waals surface area contributed by atoms with E-state index >= 15 is 0 Å². The lowest BCUT2D eigenvalue weighted by atomic mass is 10.1. The lowest BCUT2D eigenvalue weighted by Crippen LogP contribution is -2.32. The first-order chi connectivity index (χ1) is 9.79. The van der Waals surface area contributed by atoms with Gasteiger partial charge in [0.05, 0.1) is 19.2 Å². The molecule has 1 saturated carbocycles. The van der Waals surface area contributed by atoms with Crippen molar-refractivity contribution < 1.29 is 9.15 Å². The van der Waals surface area contributed by atoms with Crippen LogP contribution in [0.15, 0.2) is 16.5 Å². The molecule has 1 aliphatic carbocycles. The van der Waals surface area contributed by atoms with Gasteiger partial charge >= 0.3 is 0 Å². The molecular formula is C16H26N2O2. The molecule has 0 aromatic carbocycles. The van der Waals surface area contributed by atoms with Crippen LogP contribution in [0.4, 0.5) is 0 Å². The van der Waals surface area contributed by atoms with E-state index in [-0.39, 0.29) is 0 Å². The van der Waals surface area contributed by atoms with Crippen LogP contribution in [-0.4, -0.2) is 37.2 Å². The first kappa shape index (κ1) is 14.1. The van der Waals surface area contributed by atoms with E-state index in [1.165, 1.54) is 32.1 Å². The van der Waals surface area contributed by atoms with Crippen LogP contribution in [0, 0.1) is 0 Å². The number of rotatable bonds is 7. The predicted octanol–water partition coefficient (Wildman–Crippen LogP) is 2.53. The third-order valence-electron chi connectivity index (χ3n) is 4.07. The second kappa shape index (κ2) is 6.74. The van der Waals surface area contributed by atoms with Crippen molar-refractivity contribution in [2.45, 2.75) is 57.3 Å². The van der Waals surface area contributed by atoms with E-state index in [0.717, 1.165) is 43.8 Å². The molecule has 3 rings (SSSR count). The van der Waals surface area contributed by atoms with Crippen LogP contribution in [0.3, 0.4) is 0 Å². The van der Waals surface area contributed by atoms with Gasteiger partial charge in [0.2, 0.25) is 0 Å². The van der Waals surface area contributed by atoms with Gasteiger partial charge in [-0.3, -0.25) is 4.90 Å². The van der Waals surface area contributed by atoms with Crippen molar-refractivity contribution >= 4 is 0 Å². The van der Waals surface area contributed by atoms with Crippen LogP contribution in [0.5, 0.6) is 0 Å². The topological polar surface area (TPSA) is 37.6 Å². The van der Waals surface area contributed by atoms with Crippen LogP contribution in [0.2, 0.25) is 0 Å². The van der Waals surface area contributed by atoms with Gasteiger partial charge in [0, 0.05) is 19.2 Å². The lowest BCUT2D eigenvalue weighted by Gasteiger charge is -2.26. The van der Waals surface area contributed by atoms with E-state index < -0.39 is 0 Å². The summed E-state index contributed by atoms with van der Waals surface area (Å²) in [6, 6.07) is 4.92. The second-order valence-corrected chi connectivity index (χ2v) is 6.21. The number of furan rings is 1. The van der Waals surface area contributed by atoms with Gasteiger partial charge < -0.3 is 14.5 Å². The molecule has 1 unspecified atom stereocenters. The van der Waals surface area contributed by atoms with E-state index in [1.54, 1.807) is 0 Å². The van der Waals surface area contributed by atoms with Crippen molar-refractivity contribution in [2.75, 3.05) is 20.2 Å². The number of hydrogen-bond donors (Lipinski definition) is 1. The SMILES string of the molecule is CN(Cc1ccc(CNC2CC2)o1)CC1CCCCO1. The number of ether oxygens (including phenoxy) is 1. The monoisotopic (exact) mass is 278 g/mol. The van der Waals surface area contributed by atoms with Crippen molar-refractivity contribution in [3.8, 4) is 0 Å². The molecule has 112 valence electrons. The summed E-state index contributed by atoms with van der Waals surface area (Å²) in [6.07, 6.45) is 6.75. The summed E-state index contributed by atoms with van der Waals surface area (Å²) < 4.78 is 11.7. The molecule has 0 spiro atoms. The van der Waals surface area contributed by atoms with Gasteiger partial charge in [-0.15, -0.1) is 0 Å². The molecule has 2 aliphatic rings. The van der Waals surface area contributed by atoms with Gasteiger partial charge in [0.15, 0.2) is 0 Å². The molecule has 0 radical (unpaired) electrons. The Morgan fingerprint density at radius 1 is 1.20 bits per heavy atom. The Labute approximate surface area is 121 Å².